The van der Waals surface area contributed by atoms with Gasteiger partial charge in [0.2, 0.25) is 5.91 Å². The summed E-state index contributed by atoms with van der Waals surface area (Å²) in [6, 6.07) is 6.20. The summed E-state index contributed by atoms with van der Waals surface area (Å²) >= 11 is 1.61. The Balaban J connectivity index is 1.47. The molecule has 4 rings (SSSR count). The SMILES string of the molecule is O=C(CCc1nccs1)N1CCC[C@@H]1c1ccc2c(c1)OCCO2. The number of hydrogen-bond donors (Lipinski definition) is 0. The maximum Gasteiger partial charge on any atom is 0.223 e. The number of ether oxygens (including phenoxy) is 2. The smallest absolute Gasteiger partial charge is 0.223 e. The van der Waals surface area contributed by atoms with Gasteiger partial charge in [-0.3, -0.25) is 4.79 Å². The van der Waals surface area contributed by atoms with E-state index in [4.69, 9.17) is 9.47 Å². The lowest BCUT2D eigenvalue weighted by Gasteiger charge is -2.26. The second kappa shape index (κ2) is 6.81. The van der Waals surface area contributed by atoms with Gasteiger partial charge >= 0.3 is 0 Å². The summed E-state index contributed by atoms with van der Waals surface area (Å²) in [5.74, 6) is 1.80. The van der Waals surface area contributed by atoms with Crippen LogP contribution in [0, 0.1) is 0 Å². The van der Waals surface area contributed by atoms with Crippen molar-refractivity contribution < 1.29 is 14.3 Å². The number of benzene rings is 1. The summed E-state index contributed by atoms with van der Waals surface area (Å²) < 4.78 is 11.3. The predicted molar refractivity (Wildman–Crippen MR) is 91.6 cm³/mol. The van der Waals surface area contributed by atoms with Gasteiger partial charge in [-0.05, 0) is 30.5 Å². The lowest BCUT2D eigenvalue weighted by atomic mass is 10.0. The zero-order valence-electron chi connectivity index (χ0n) is 13.4. The maximum atomic E-state index is 12.7. The van der Waals surface area contributed by atoms with Crippen LogP contribution in [0.5, 0.6) is 11.5 Å². The van der Waals surface area contributed by atoms with Crippen LogP contribution >= 0.6 is 11.3 Å². The molecule has 24 heavy (non-hydrogen) atoms. The molecule has 2 aliphatic heterocycles. The van der Waals surface area contributed by atoms with Crippen LogP contribution in [0.2, 0.25) is 0 Å². The highest BCUT2D eigenvalue weighted by Gasteiger charge is 2.30. The van der Waals surface area contributed by atoms with Gasteiger partial charge < -0.3 is 14.4 Å². The van der Waals surface area contributed by atoms with Gasteiger partial charge in [0.05, 0.1) is 11.0 Å². The average molecular weight is 344 g/mol. The van der Waals surface area contributed by atoms with E-state index in [1.165, 1.54) is 0 Å². The minimum absolute atomic E-state index is 0.143. The Morgan fingerprint density at radius 3 is 3.00 bits per heavy atom. The van der Waals surface area contributed by atoms with Crippen LogP contribution in [0.15, 0.2) is 29.8 Å². The molecular formula is C18H20N2O3S. The van der Waals surface area contributed by atoms with E-state index in [0.717, 1.165) is 47.9 Å². The molecule has 6 heteroatoms. The van der Waals surface area contributed by atoms with Gasteiger partial charge in [0.15, 0.2) is 11.5 Å². The van der Waals surface area contributed by atoms with Crippen molar-refractivity contribution in [3.05, 3.63) is 40.3 Å². The molecule has 1 atom stereocenters. The Kier molecular flexibility index (Phi) is 4.38. The molecular weight excluding hydrogens is 324 g/mol. The first kappa shape index (κ1) is 15.4. The first-order valence-corrected chi connectivity index (χ1v) is 9.26. The molecule has 0 bridgehead atoms. The summed E-state index contributed by atoms with van der Waals surface area (Å²) in [7, 11) is 0. The van der Waals surface area contributed by atoms with E-state index in [2.05, 4.69) is 11.1 Å². The fourth-order valence-electron chi connectivity index (χ4n) is 3.41. The first-order valence-electron chi connectivity index (χ1n) is 8.38. The molecule has 1 aromatic carbocycles. The highest BCUT2D eigenvalue weighted by molar-refractivity contribution is 7.09. The highest BCUT2D eigenvalue weighted by Crippen LogP contribution is 2.38. The van der Waals surface area contributed by atoms with Crippen LogP contribution in [0.1, 0.15) is 35.9 Å². The lowest BCUT2D eigenvalue weighted by Crippen LogP contribution is -2.30. The molecule has 1 aromatic heterocycles. The van der Waals surface area contributed by atoms with Crippen LogP contribution in [0.4, 0.5) is 0 Å². The second-order valence-electron chi connectivity index (χ2n) is 6.07. The molecule has 1 amide bonds. The van der Waals surface area contributed by atoms with Crippen molar-refractivity contribution in [2.24, 2.45) is 0 Å². The summed E-state index contributed by atoms with van der Waals surface area (Å²) in [5.41, 5.74) is 1.14. The molecule has 1 saturated heterocycles. The molecule has 0 aliphatic carbocycles. The molecule has 0 N–H and O–H groups in total. The van der Waals surface area contributed by atoms with Gasteiger partial charge in [0.25, 0.3) is 0 Å². The van der Waals surface area contributed by atoms with E-state index in [9.17, 15) is 4.79 Å². The number of likely N-dealkylation sites (tertiary alicyclic amines) is 1. The number of thiazole rings is 1. The highest BCUT2D eigenvalue weighted by atomic mass is 32.1. The zero-order chi connectivity index (χ0) is 16.4. The first-order chi connectivity index (χ1) is 11.8. The Morgan fingerprint density at radius 1 is 1.29 bits per heavy atom. The molecule has 0 saturated carbocycles. The molecule has 0 radical (unpaired) electrons. The standard InChI is InChI=1S/C18H20N2O3S/c21-18(6-5-17-19-7-11-24-17)20-8-1-2-14(20)13-3-4-15-16(12-13)23-10-9-22-15/h3-4,7,11-12,14H,1-2,5-6,8-10H2/t14-/m1/s1. The van der Waals surface area contributed by atoms with Crippen molar-refractivity contribution in [3.63, 3.8) is 0 Å². The summed E-state index contributed by atoms with van der Waals surface area (Å²) in [5, 5.41) is 2.98. The number of aromatic nitrogens is 1. The third kappa shape index (κ3) is 3.11. The minimum atomic E-state index is 0.143. The number of amides is 1. The van der Waals surface area contributed by atoms with E-state index in [0.29, 0.717) is 19.6 Å². The van der Waals surface area contributed by atoms with Gasteiger partial charge in [-0.25, -0.2) is 4.98 Å². The van der Waals surface area contributed by atoms with Crippen molar-refractivity contribution in [2.45, 2.75) is 31.7 Å². The fourth-order valence-corrected chi connectivity index (χ4v) is 4.03. The van der Waals surface area contributed by atoms with Gasteiger partial charge in [0, 0.05) is 31.0 Å². The van der Waals surface area contributed by atoms with Gasteiger partial charge in [-0.1, -0.05) is 6.07 Å². The van der Waals surface area contributed by atoms with Crippen molar-refractivity contribution >= 4 is 17.2 Å². The largest absolute Gasteiger partial charge is 0.486 e. The third-order valence-electron chi connectivity index (χ3n) is 4.56. The number of fused-ring (bicyclic) bond motifs is 1. The van der Waals surface area contributed by atoms with Crippen molar-refractivity contribution in [3.8, 4) is 11.5 Å². The van der Waals surface area contributed by atoms with Crippen molar-refractivity contribution in [1.29, 1.82) is 0 Å². The number of nitrogens with zero attached hydrogens (tertiary/aromatic N) is 2. The van der Waals surface area contributed by atoms with Gasteiger partial charge in [0.1, 0.15) is 13.2 Å². The van der Waals surface area contributed by atoms with Crippen molar-refractivity contribution in [1.82, 2.24) is 9.88 Å². The van der Waals surface area contributed by atoms with Gasteiger partial charge in [-0.15, -0.1) is 11.3 Å². The second-order valence-corrected chi connectivity index (χ2v) is 7.05. The van der Waals surface area contributed by atoms with Crippen molar-refractivity contribution in [2.75, 3.05) is 19.8 Å². The zero-order valence-corrected chi connectivity index (χ0v) is 14.3. The Hall–Kier alpha value is -2.08. The Labute approximate surface area is 145 Å². The van der Waals surface area contributed by atoms with Crippen LogP contribution in [-0.4, -0.2) is 35.5 Å². The molecule has 2 aliphatic rings. The Bertz CT molecular complexity index is 717. The van der Waals surface area contributed by atoms with E-state index >= 15 is 0 Å². The van der Waals surface area contributed by atoms with Crippen LogP contribution in [-0.2, 0) is 11.2 Å². The number of hydrogen-bond acceptors (Lipinski definition) is 5. The summed E-state index contributed by atoms with van der Waals surface area (Å²) in [4.78, 5) is 18.9. The molecule has 0 unspecified atom stereocenters. The summed E-state index contributed by atoms with van der Waals surface area (Å²) in [6.45, 7) is 2.00. The number of rotatable bonds is 4. The monoisotopic (exact) mass is 344 g/mol. The summed E-state index contributed by atoms with van der Waals surface area (Å²) in [6.07, 6.45) is 5.08. The van der Waals surface area contributed by atoms with E-state index < -0.39 is 0 Å². The number of aryl methyl sites for hydroxylation is 1. The lowest BCUT2D eigenvalue weighted by molar-refractivity contribution is -0.132. The molecule has 126 valence electrons. The topological polar surface area (TPSA) is 51.7 Å². The molecule has 0 spiro atoms. The molecule has 3 heterocycles. The van der Waals surface area contributed by atoms with Crippen LogP contribution < -0.4 is 9.47 Å². The quantitative estimate of drug-likeness (QED) is 0.855. The molecule has 2 aromatic rings. The maximum absolute atomic E-state index is 12.7. The van der Waals surface area contributed by atoms with E-state index in [1.807, 2.05) is 22.4 Å². The predicted octanol–water partition coefficient (Wildman–Crippen LogP) is 3.21. The van der Waals surface area contributed by atoms with Crippen LogP contribution in [0.25, 0.3) is 0 Å². The van der Waals surface area contributed by atoms with E-state index in [-0.39, 0.29) is 11.9 Å². The van der Waals surface area contributed by atoms with Gasteiger partial charge in [-0.2, -0.15) is 0 Å². The van der Waals surface area contributed by atoms with E-state index in [1.54, 1.807) is 17.5 Å². The molecule has 1 fully saturated rings. The average Bonchev–Trinajstić information content (AvgIpc) is 3.31. The normalized spacial score (nSPS) is 19.5. The molecule has 5 nitrogen and oxygen atoms in total. The minimum Gasteiger partial charge on any atom is -0.486 e. The third-order valence-corrected chi connectivity index (χ3v) is 5.40. The van der Waals surface area contributed by atoms with Crippen LogP contribution in [0.3, 0.4) is 0 Å². The number of carbonyl (C=O) groups is 1. The number of carbonyl (C=O) groups excluding carboxylic acids is 1. The fraction of sp³-hybridized carbons (Fsp3) is 0.444. The Morgan fingerprint density at radius 2 is 2.17 bits per heavy atom.